The standard InChI is InChI=1S/C28H32F3N5O2/c1-4-18-16-36(23-10-11-24(37-3)35-25(23)28(29,30)31)14-12-27(18)17-32-15-22-20(27)8-9-21(34-22)19-7-6-13-33-26(19)38-5-2/h6-11,13,18,32H,4-5,12,14-17H2,1-3H3. The van der Waals surface area contributed by atoms with Crippen molar-refractivity contribution in [3.05, 3.63) is 59.5 Å². The minimum atomic E-state index is -4.58. The molecule has 1 spiro atoms. The van der Waals surface area contributed by atoms with Crippen molar-refractivity contribution in [2.45, 2.75) is 44.8 Å². The van der Waals surface area contributed by atoms with Gasteiger partial charge in [0.1, 0.15) is 0 Å². The number of halogens is 3. The Morgan fingerprint density at radius 1 is 1.13 bits per heavy atom. The third-order valence-electron chi connectivity index (χ3n) is 7.78. The molecule has 5 rings (SSSR count). The molecular formula is C28H32F3N5O2. The molecule has 38 heavy (non-hydrogen) atoms. The highest BCUT2D eigenvalue weighted by atomic mass is 19.4. The summed E-state index contributed by atoms with van der Waals surface area (Å²) in [6.07, 6.45) is -1.35. The lowest BCUT2D eigenvalue weighted by molar-refractivity contribution is -0.140. The summed E-state index contributed by atoms with van der Waals surface area (Å²) in [7, 11) is 1.32. The summed E-state index contributed by atoms with van der Waals surface area (Å²) < 4.78 is 52.5. The summed E-state index contributed by atoms with van der Waals surface area (Å²) in [6.45, 7) is 6.90. The van der Waals surface area contributed by atoms with Gasteiger partial charge in [0.2, 0.25) is 11.8 Å². The number of piperidine rings is 1. The van der Waals surface area contributed by atoms with Crippen LogP contribution in [0.15, 0.2) is 42.6 Å². The first-order chi connectivity index (χ1) is 18.3. The lowest BCUT2D eigenvalue weighted by Crippen LogP contribution is -2.57. The number of ether oxygens (including phenoxy) is 2. The van der Waals surface area contributed by atoms with Gasteiger partial charge in [-0.2, -0.15) is 13.2 Å². The molecule has 0 aliphatic carbocycles. The summed E-state index contributed by atoms with van der Waals surface area (Å²) in [6, 6.07) is 10.9. The van der Waals surface area contributed by atoms with E-state index in [1.165, 1.54) is 24.8 Å². The molecule has 2 atom stereocenters. The van der Waals surface area contributed by atoms with Crippen molar-refractivity contribution in [3.8, 4) is 23.0 Å². The smallest absolute Gasteiger partial charge is 0.435 e. The number of aromatic nitrogens is 3. The van der Waals surface area contributed by atoms with Crippen molar-refractivity contribution in [2.24, 2.45) is 5.92 Å². The van der Waals surface area contributed by atoms with Crippen molar-refractivity contribution < 1.29 is 22.6 Å². The van der Waals surface area contributed by atoms with Crippen LogP contribution in [-0.4, -0.2) is 48.3 Å². The van der Waals surface area contributed by atoms with E-state index in [0.717, 1.165) is 29.9 Å². The fourth-order valence-corrected chi connectivity index (χ4v) is 5.98. The summed E-state index contributed by atoms with van der Waals surface area (Å²) in [5.41, 5.74) is 2.75. The first-order valence-electron chi connectivity index (χ1n) is 13.0. The lowest BCUT2D eigenvalue weighted by atomic mass is 9.63. The van der Waals surface area contributed by atoms with E-state index in [4.69, 9.17) is 14.5 Å². The van der Waals surface area contributed by atoms with Crippen LogP contribution in [0.3, 0.4) is 0 Å². The maximum atomic E-state index is 13.9. The Bertz CT molecular complexity index is 1300. The average Bonchev–Trinajstić information content (AvgIpc) is 2.93. The van der Waals surface area contributed by atoms with Gasteiger partial charge in [0, 0.05) is 43.9 Å². The molecule has 1 N–H and O–H groups in total. The number of alkyl halides is 3. The zero-order chi connectivity index (χ0) is 26.9. The summed E-state index contributed by atoms with van der Waals surface area (Å²) >= 11 is 0. The molecule has 7 nitrogen and oxygen atoms in total. The van der Waals surface area contributed by atoms with Crippen LogP contribution in [-0.2, 0) is 18.1 Å². The van der Waals surface area contributed by atoms with Gasteiger partial charge in [-0.05, 0) is 49.1 Å². The number of pyridine rings is 3. The molecule has 5 heterocycles. The molecule has 1 fully saturated rings. The zero-order valence-electron chi connectivity index (χ0n) is 21.8. The van der Waals surface area contributed by atoms with Gasteiger partial charge in [0.05, 0.1) is 36.4 Å². The van der Waals surface area contributed by atoms with E-state index in [2.05, 4.69) is 28.3 Å². The number of nitrogens with zero attached hydrogens (tertiary/aromatic N) is 4. The molecule has 0 bridgehead atoms. The van der Waals surface area contributed by atoms with Crippen LogP contribution in [0.2, 0.25) is 0 Å². The maximum absolute atomic E-state index is 13.9. The minimum Gasteiger partial charge on any atom is -0.481 e. The lowest BCUT2D eigenvalue weighted by Gasteiger charge is -2.51. The predicted molar refractivity (Wildman–Crippen MR) is 138 cm³/mol. The molecular weight excluding hydrogens is 495 g/mol. The molecule has 2 unspecified atom stereocenters. The molecule has 2 aliphatic rings. The number of nitrogens with one attached hydrogen (secondary N) is 1. The van der Waals surface area contributed by atoms with E-state index in [9.17, 15) is 13.2 Å². The van der Waals surface area contributed by atoms with Gasteiger partial charge in [-0.25, -0.2) is 9.97 Å². The van der Waals surface area contributed by atoms with Crippen LogP contribution in [0.4, 0.5) is 18.9 Å². The Kier molecular flexibility index (Phi) is 7.17. The number of hydrogen-bond acceptors (Lipinski definition) is 7. The van der Waals surface area contributed by atoms with Crippen molar-refractivity contribution in [2.75, 3.05) is 38.3 Å². The second kappa shape index (κ2) is 10.4. The van der Waals surface area contributed by atoms with Gasteiger partial charge < -0.3 is 19.7 Å². The van der Waals surface area contributed by atoms with Gasteiger partial charge >= 0.3 is 6.18 Å². The molecule has 10 heteroatoms. The fourth-order valence-electron chi connectivity index (χ4n) is 5.98. The predicted octanol–water partition coefficient (Wildman–Crippen LogP) is 5.24. The fraction of sp³-hybridized carbons (Fsp3) is 0.464. The quantitative estimate of drug-likeness (QED) is 0.470. The van der Waals surface area contributed by atoms with Crippen LogP contribution in [0.1, 0.15) is 43.6 Å². The topological polar surface area (TPSA) is 72.4 Å². The SMILES string of the molecule is CCOc1ncccc1-c1ccc2c(n1)CNCC21CCN(c2ccc(OC)nc2C(F)(F)F)CC1CC. The largest absolute Gasteiger partial charge is 0.481 e. The van der Waals surface area contributed by atoms with Crippen molar-refractivity contribution in [3.63, 3.8) is 0 Å². The van der Waals surface area contributed by atoms with E-state index >= 15 is 0 Å². The molecule has 0 amide bonds. The van der Waals surface area contributed by atoms with Crippen LogP contribution in [0.5, 0.6) is 11.8 Å². The Morgan fingerprint density at radius 3 is 2.71 bits per heavy atom. The molecule has 0 radical (unpaired) electrons. The monoisotopic (exact) mass is 527 g/mol. The molecule has 1 saturated heterocycles. The molecule has 202 valence electrons. The molecule has 3 aromatic heterocycles. The second-order valence-electron chi connectivity index (χ2n) is 9.76. The Morgan fingerprint density at radius 2 is 1.97 bits per heavy atom. The van der Waals surface area contributed by atoms with Crippen LogP contribution >= 0.6 is 0 Å². The van der Waals surface area contributed by atoms with Crippen molar-refractivity contribution in [1.29, 1.82) is 0 Å². The first kappa shape index (κ1) is 26.2. The van der Waals surface area contributed by atoms with E-state index < -0.39 is 11.9 Å². The number of hydrogen-bond donors (Lipinski definition) is 1. The molecule has 2 aliphatic heterocycles. The number of anilines is 1. The Balaban J connectivity index is 1.48. The molecule has 3 aromatic rings. The molecule has 0 aromatic carbocycles. The van der Waals surface area contributed by atoms with Crippen molar-refractivity contribution >= 4 is 5.69 Å². The summed E-state index contributed by atoms with van der Waals surface area (Å²) in [4.78, 5) is 15.0. The van der Waals surface area contributed by atoms with Gasteiger partial charge in [-0.1, -0.05) is 19.4 Å². The van der Waals surface area contributed by atoms with Gasteiger partial charge in [-0.15, -0.1) is 0 Å². The highest BCUT2D eigenvalue weighted by Crippen LogP contribution is 2.47. The summed E-state index contributed by atoms with van der Waals surface area (Å²) in [5, 5.41) is 3.55. The third kappa shape index (κ3) is 4.66. The highest BCUT2D eigenvalue weighted by Gasteiger charge is 2.48. The normalized spacial score (nSPS) is 21.3. The van der Waals surface area contributed by atoms with Gasteiger partial charge in [-0.3, -0.25) is 4.98 Å². The summed E-state index contributed by atoms with van der Waals surface area (Å²) in [5.74, 6) is 0.625. The van der Waals surface area contributed by atoms with E-state index in [-0.39, 0.29) is 22.9 Å². The van der Waals surface area contributed by atoms with Crippen LogP contribution in [0, 0.1) is 5.92 Å². The van der Waals surface area contributed by atoms with Crippen LogP contribution < -0.4 is 19.7 Å². The number of fused-ring (bicyclic) bond motifs is 2. The van der Waals surface area contributed by atoms with Gasteiger partial charge in [0.25, 0.3) is 0 Å². The second-order valence-corrected chi connectivity index (χ2v) is 9.76. The van der Waals surface area contributed by atoms with E-state index in [1.807, 2.05) is 30.0 Å². The maximum Gasteiger partial charge on any atom is 0.435 e. The van der Waals surface area contributed by atoms with Gasteiger partial charge in [0.15, 0.2) is 5.69 Å². The highest BCUT2D eigenvalue weighted by molar-refractivity contribution is 5.65. The zero-order valence-corrected chi connectivity index (χ0v) is 21.8. The van der Waals surface area contributed by atoms with Crippen molar-refractivity contribution in [1.82, 2.24) is 20.3 Å². The first-order valence-corrected chi connectivity index (χ1v) is 13.0. The average molecular weight is 528 g/mol. The van der Waals surface area contributed by atoms with E-state index in [0.29, 0.717) is 38.5 Å². The Hall–Kier alpha value is -3.40. The Labute approximate surface area is 220 Å². The number of methoxy groups -OCH3 is 1. The van der Waals surface area contributed by atoms with Crippen LogP contribution in [0.25, 0.3) is 11.3 Å². The minimum absolute atomic E-state index is 0.0463. The number of rotatable bonds is 6. The van der Waals surface area contributed by atoms with E-state index in [1.54, 1.807) is 6.20 Å². The third-order valence-corrected chi connectivity index (χ3v) is 7.78. The molecule has 0 saturated carbocycles.